The highest BCUT2D eigenvalue weighted by Gasteiger charge is 2.35. The Bertz CT molecular complexity index is 852. The van der Waals surface area contributed by atoms with E-state index in [1.807, 2.05) is 0 Å². The maximum Gasteiger partial charge on any atom is 0.202 e. The SMILES string of the molecule is C[C@@H]1O[C@@H](Oc2ccc3c(c2)OCC(c2ccc(O)cc2)C3=O)C[C@H](O)[C@@H]1O. The fourth-order valence-electron chi connectivity index (χ4n) is 3.54. The number of hydrogen-bond donors (Lipinski definition) is 3. The number of hydrogen-bond acceptors (Lipinski definition) is 7. The molecule has 0 aliphatic carbocycles. The first-order valence-electron chi connectivity index (χ1n) is 9.20. The average Bonchev–Trinajstić information content (AvgIpc) is 2.67. The molecule has 7 nitrogen and oxygen atoms in total. The minimum absolute atomic E-state index is 0.0560. The van der Waals surface area contributed by atoms with Crippen molar-refractivity contribution in [1.82, 2.24) is 0 Å². The van der Waals surface area contributed by atoms with Crippen LogP contribution < -0.4 is 9.47 Å². The molecule has 0 saturated carbocycles. The first kappa shape index (κ1) is 18.7. The molecular weight excluding hydrogens is 364 g/mol. The lowest BCUT2D eigenvalue weighted by molar-refractivity contribution is -0.216. The summed E-state index contributed by atoms with van der Waals surface area (Å²) in [6.07, 6.45) is -2.96. The smallest absolute Gasteiger partial charge is 0.202 e. The normalized spacial score (nSPS) is 29.7. The standard InChI is InChI=1S/C21H22O7/c1-11-20(24)17(23)9-19(27-11)28-14-6-7-15-18(8-14)26-10-16(21(15)25)12-2-4-13(22)5-3-12/h2-8,11,16-17,19-20,22-24H,9-10H2,1H3/t11-,16?,17-,19-,20+/m0/s1. The molecule has 1 saturated heterocycles. The number of Topliss-reactive ketones (excluding diaryl/α,β-unsaturated/α-hetero) is 1. The monoisotopic (exact) mass is 386 g/mol. The highest BCUT2D eigenvalue weighted by molar-refractivity contribution is 6.04. The van der Waals surface area contributed by atoms with E-state index >= 15 is 0 Å². The van der Waals surface area contributed by atoms with E-state index in [-0.39, 0.29) is 24.6 Å². The zero-order valence-electron chi connectivity index (χ0n) is 15.3. The Morgan fingerprint density at radius 3 is 2.57 bits per heavy atom. The van der Waals surface area contributed by atoms with Gasteiger partial charge in [0.2, 0.25) is 6.29 Å². The lowest BCUT2D eigenvalue weighted by atomic mass is 9.89. The molecule has 5 atom stereocenters. The molecule has 28 heavy (non-hydrogen) atoms. The van der Waals surface area contributed by atoms with Crippen molar-refractivity contribution in [2.24, 2.45) is 0 Å². The Kier molecular flexibility index (Phi) is 4.97. The lowest BCUT2D eigenvalue weighted by Crippen LogP contribution is -2.48. The third-order valence-electron chi connectivity index (χ3n) is 5.18. The molecule has 2 aromatic rings. The Balaban J connectivity index is 1.49. The molecule has 0 amide bonds. The zero-order chi connectivity index (χ0) is 19.8. The molecule has 1 fully saturated rings. The second-order valence-electron chi connectivity index (χ2n) is 7.16. The van der Waals surface area contributed by atoms with E-state index in [0.717, 1.165) is 5.56 Å². The molecule has 0 aromatic heterocycles. The van der Waals surface area contributed by atoms with Crippen molar-refractivity contribution in [3.63, 3.8) is 0 Å². The minimum atomic E-state index is -0.943. The van der Waals surface area contributed by atoms with Gasteiger partial charge in [-0.25, -0.2) is 0 Å². The van der Waals surface area contributed by atoms with Crippen LogP contribution in [0.5, 0.6) is 17.2 Å². The van der Waals surface area contributed by atoms with Gasteiger partial charge in [0, 0.05) is 12.5 Å². The van der Waals surface area contributed by atoms with Crippen LogP contribution in [0, 0.1) is 0 Å². The summed E-state index contributed by atoms with van der Waals surface area (Å²) in [5, 5.41) is 29.1. The van der Waals surface area contributed by atoms with Crippen LogP contribution in [-0.4, -0.2) is 52.3 Å². The predicted molar refractivity (Wildman–Crippen MR) is 98.7 cm³/mol. The van der Waals surface area contributed by atoms with Gasteiger partial charge in [0.05, 0.1) is 23.7 Å². The number of ketones is 1. The number of carbonyl (C=O) groups is 1. The lowest BCUT2D eigenvalue weighted by Gasteiger charge is -2.35. The predicted octanol–water partition coefficient (Wildman–Crippen LogP) is 1.99. The van der Waals surface area contributed by atoms with Crippen molar-refractivity contribution in [1.29, 1.82) is 0 Å². The number of phenolic OH excluding ortho intramolecular Hbond substituents is 1. The highest BCUT2D eigenvalue weighted by atomic mass is 16.7. The molecule has 0 spiro atoms. The van der Waals surface area contributed by atoms with Gasteiger partial charge in [-0.05, 0) is 36.8 Å². The van der Waals surface area contributed by atoms with Crippen molar-refractivity contribution in [2.45, 2.75) is 43.9 Å². The maximum atomic E-state index is 12.9. The van der Waals surface area contributed by atoms with Crippen LogP contribution in [0.3, 0.4) is 0 Å². The number of aromatic hydroxyl groups is 1. The largest absolute Gasteiger partial charge is 0.508 e. The number of fused-ring (bicyclic) bond motifs is 1. The number of benzene rings is 2. The molecule has 3 N–H and O–H groups in total. The Labute approximate surface area is 162 Å². The summed E-state index contributed by atoms with van der Waals surface area (Å²) in [5.74, 6) is 0.544. The molecule has 0 radical (unpaired) electrons. The zero-order valence-corrected chi connectivity index (χ0v) is 15.3. The van der Waals surface area contributed by atoms with Gasteiger partial charge in [-0.1, -0.05) is 12.1 Å². The third-order valence-corrected chi connectivity index (χ3v) is 5.18. The van der Waals surface area contributed by atoms with Crippen LogP contribution >= 0.6 is 0 Å². The summed E-state index contributed by atoms with van der Waals surface area (Å²) in [5.41, 5.74) is 1.25. The Hall–Kier alpha value is -2.61. The number of ether oxygens (including phenoxy) is 3. The van der Waals surface area contributed by atoms with Crippen LogP contribution in [0.1, 0.15) is 35.2 Å². The molecule has 1 unspecified atom stereocenters. The van der Waals surface area contributed by atoms with Gasteiger partial charge in [-0.2, -0.15) is 0 Å². The van der Waals surface area contributed by atoms with E-state index in [0.29, 0.717) is 17.1 Å². The summed E-state index contributed by atoms with van der Waals surface area (Å²) in [6, 6.07) is 11.5. The van der Waals surface area contributed by atoms with Gasteiger partial charge in [-0.3, -0.25) is 4.79 Å². The van der Waals surface area contributed by atoms with Crippen molar-refractivity contribution in [3.8, 4) is 17.2 Å². The molecule has 148 valence electrons. The average molecular weight is 386 g/mol. The first-order valence-corrected chi connectivity index (χ1v) is 9.20. The van der Waals surface area contributed by atoms with E-state index in [1.54, 1.807) is 49.4 Å². The van der Waals surface area contributed by atoms with E-state index in [1.165, 1.54) is 0 Å². The van der Waals surface area contributed by atoms with E-state index in [2.05, 4.69) is 0 Å². The summed E-state index contributed by atoms with van der Waals surface area (Å²) >= 11 is 0. The summed E-state index contributed by atoms with van der Waals surface area (Å²) < 4.78 is 17.1. The van der Waals surface area contributed by atoms with E-state index < -0.39 is 30.5 Å². The van der Waals surface area contributed by atoms with Crippen LogP contribution in [0.25, 0.3) is 0 Å². The summed E-state index contributed by atoms with van der Waals surface area (Å²) in [4.78, 5) is 12.9. The summed E-state index contributed by atoms with van der Waals surface area (Å²) in [7, 11) is 0. The second kappa shape index (κ2) is 7.43. The van der Waals surface area contributed by atoms with Gasteiger partial charge in [-0.15, -0.1) is 0 Å². The summed E-state index contributed by atoms with van der Waals surface area (Å²) in [6.45, 7) is 1.86. The number of aliphatic hydroxyl groups excluding tert-OH is 2. The van der Waals surface area contributed by atoms with Crippen molar-refractivity contribution in [3.05, 3.63) is 53.6 Å². The molecule has 2 aromatic carbocycles. The van der Waals surface area contributed by atoms with Crippen molar-refractivity contribution >= 4 is 5.78 Å². The Morgan fingerprint density at radius 2 is 1.86 bits per heavy atom. The Morgan fingerprint density at radius 1 is 1.11 bits per heavy atom. The molecule has 4 rings (SSSR count). The molecule has 2 aliphatic rings. The van der Waals surface area contributed by atoms with Gasteiger partial charge >= 0.3 is 0 Å². The van der Waals surface area contributed by atoms with E-state index in [4.69, 9.17) is 14.2 Å². The molecule has 2 heterocycles. The van der Waals surface area contributed by atoms with Gasteiger partial charge in [0.1, 0.15) is 30.0 Å². The van der Waals surface area contributed by atoms with Crippen molar-refractivity contribution in [2.75, 3.05) is 6.61 Å². The number of rotatable bonds is 3. The van der Waals surface area contributed by atoms with E-state index in [9.17, 15) is 20.1 Å². The molecule has 7 heteroatoms. The fraction of sp³-hybridized carbons (Fsp3) is 0.381. The molecular formula is C21H22O7. The van der Waals surface area contributed by atoms with Crippen LogP contribution in [0.4, 0.5) is 0 Å². The minimum Gasteiger partial charge on any atom is -0.508 e. The third kappa shape index (κ3) is 3.56. The van der Waals surface area contributed by atoms with Crippen LogP contribution in [0.15, 0.2) is 42.5 Å². The fourth-order valence-corrected chi connectivity index (χ4v) is 3.54. The van der Waals surface area contributed by atoms with Crippen LogP contribution in [-0.2, 0) is 4.74 Å². The number of aliphatic hydroxyl groups is 2. The topological polar surface area (TPSA) is 105 Å². The van der Waals surface area contributed by atoms with Crippen LogP contribution in [0.2, 0.25) is 0 Å². The second-order valence-corrected chi connectivity index (χ2v) is 7.16. The maximum absolute atomic E-state index is 12.9. The quantitative estimate of drug-likeness (QED) is 0.741. The highest BCUT2D eigenvalue weighted by Crippen LogP contribution is 2.36. The first-order chi connectivity index (χ1) is 13.4. The van der Waals surface area contributed by atoms with Gasteiger partial charge in [0.15, 0.2) is 5.78 Å². The molecule has 2 aliphatic heterocycles. The van der Waals surface area contributed by atoms with Gasteiger partial charge < -0.3 is 29.5 Å². The number of carbonyl (C=O) groups excluding carboxylic acids is 1. The molecule has 0 bridgehead atoms. The number of phenols is 1. The van der Waals surface area contributed by atoms with Crippen molar-refractivity contribution < 1.29 is 34.3 Å². The van der Waals surface area contributed by atoms with Gasteiger partial charge in [0.25, 0.3) is 0 Å².